The fourth-order valence-electron chi connectivity index (χ4n) is 5.01. The van der Waals surface area contributed by atoms with Crippen molar-refractivity contribution in [3.8, 4) is 0 Å². The molecule has 5 nitrogen and oxygen atoms in total. The standard InChI is InChI=1S/C21H36N4O/c1-17-19(18(2)24(3)23-17)9-7-14-22-20(26)25-15-8-12-21(13-16-25)10-5-4-6-11-21/h4-16H2,1-3H3,(H,22,26). The normalized spacial score (nSPS) is 20.2. The largest absolute Gasteiger partial charge is 0.338 e. The smallest absolute Gasteiger partial charge is 0.317 e. The van der Waals surface area contributed by atoms with E-state index >= 15 is 0 Å². The van der Waals surface area contributed by atoms with Crippen LogP contribution in [0.3, 0.4) is 0 Å². The molecule has 1 saturated heterocycles. The Labute approximate surface area is 158 Å². The summed E-state index contributed by atoms with van der Waals surface area (Å²) in [7, 11) is 1.99. The number of nitrogens with zero attached hydrogens (tertiary/aromatic N) is 3. The number of aryl methyl sites for hydroxylation is 2. The van der Waals surface area contributed by atoms with E-state index in [9.17, 15) is 4.79 Å². The number of aromatic nitrogens is 2. The quantitative estimate of drug-likeness (QED) is 0.821. The maximum Gasteiger partial charge on any atom is 0.317 e. The summed E-state index contributed by atoms with van der Waals surface area (Å²) < 4.78 is 1.95. The Morgan fingerprint density at radius 2 is 1.81 bits per heavy atom. The third-order valence-corrected chi connectivity index (χ3v) is 6.79. The lowest BCUT2D eigenvalue weighted by atomic mass is 9.69. The van der Waals surface area contributed by atoms with Gasteiger partial charge < -0.3 is 10.2 Å². The molecule has 146 valence electrons. The van der Waals surface area contributed by atoms with Crippen LogP contribution in [-0.2, 0) is 13.5 Å². The summed E-state index contributed by atoms with van der Waals surface area (Å²) in [5, 5.41) is 7.62. The van der Waals surface area contributed by atoms with Gasteiger partial charge in [0.2, 0.25) is 0 Å². The highest BCUT2D eigenvalue weighted by Crippen LogP contribution is 2.44. The Bertz CT molecular complexity index is 616. The zero-order valence-corrected chi connectivity index (χ0v) is 16.9. The van der Waals surface area contributed by atoms with E-state index in [4.69, 9.17) is 0 Å². The van der Waals surface area contributed by atoms with E-state index in [1.54, 1.807) is 0 Å². The molecule has 0 atom stereocenters. The van der Waals surface area contributed by atoms with Crippen LogP contribution in [0.4, 0.5) is 4.79 Å². The van der Waals surface area contributed by atoms with Crippen LogP contribution in [0.5, 0.6) is 0 Å². The Balaban J connectivity index is 1.42. The summed E-state index contributed by atoms with van der Waals surface area (Å²) in [4.78, 5) is 14.6. The van der Waals surface area contributed by atoms with Crippen LogP contribution in [0.25, 0.3) is 0 Å². The van der Waals surface area contributed by atoms with Gasteiger partial charge in [-0.3, -0.25) is 4.68 Å². The SMILES string of the molecule is Cc1nn(C)c(C)c1CCCNC(=O)N1CCCC2(CCCCC2)CC1. The van der Waals surface area contributed by atoms with Gasteiger partial charge in [-0.1, -0.05) is 19.3 Å². The van der Waals surface area contributed by atoms with E-state index in [-0.39, 0.29) is 6.03 Å². The van der Waals surface area contributed by atoms with Crippen molar-refractivity contribution in [2.75, 3.05) is 19.6 Å². The molecule has 2 fully saturated rings. The Morgan fingerprint density at radius 3 is 2.50 bits per heavy atom. The van der Waals surface area contributed by atoms with Crippen molar-refractivity contribution in [3.05, 3.63) is 17.0 Å². The van der Waals surface area contributed by atoms with Gasteiger partial charge in [0.25, 0.3) is 0 Å². The van der Waals surface area contributed by atoms with Crippen LogP contribution >= 0.6 is 0 Å². The first-order valence-electron chi connectivity index (χ1n) is 10.5. The van der Waals surface area contributed by atoms with E-state index in [1.165, 1.54) is 62.6 Å². The predicted octanol–water partition coefficient (Wildman–Crippen LogP) is 4.12. The van der Waals surface area contributed by atoms with Crippen molar-refractivity contribution in [1.29, 1.82) is 0 Å². The summed E-state index contributed by atoms with van der Waals surface area (Å²) in [6, 6.07) is 0.137. The summed E-state index contributed by atoms with van der Waals surface area (Å²) in [5.41, 5.74) is 4.22. The minimum atomic E-state index is 0.137. The number of urea groups is 1. The number of amides is 2. The molecule has 1 saturated carbocycles. The molecular formula is C21H36N4O. The number of nitrogens with one attached hydrogen (secondary N) is 1. The second-order valence-electron chi connectivity index (χ2n) is 8.51. The molecule has 0 aromatic carbocycles. The molecular weight excluding hydrogens is 324 g/mol. The van der Waals surface area contributed by atoms with Crippen LogP contribution in [0.15, 0.2) is 0 Å². The van der Waals surface area contributed by atoms with E-state index < -0.39 is 0 Å². The second-order valence-corrected chi connectivity index (χ2v) is 8.51. The first-order chi connectivity index (χ1) is 12.5. The van der Waals surface area contributed by atoms with Crippen molar-refractivity contribution < 1.29 is 4.79 Å². The van der Waals surface area contributed by atoms with Gasteiger partial charge in [-0.15, -0.1) is 0 Å². The predicted molar refractivity (Wildman–Crippen MR) is 105 cm³/mol. The van der Waals surface area contributed by atoms with Crippen LogP contribution < -0.4 is 5.32 Å². The summed E-state index contributed by atoms with van der Waals surface area (Å²) in [5.74, 6) is 0. The Hall–Kier alpha value is -1.52. The molecule has 1 spiro atoms. The average Bonchev–Trinajstić information content (AvgIpc) is 2.78. The minimum Gasteiger partial charge on any atom is -0.338 e. The molecule has 1 aliphatic carbocycles. The molecule has 5 heteroatoms. The zero-order chi connectivity index (χ0) is 18.6. The first-order valence-corrected chi connectivity index (χ1v) is 10.5. The number of carbonyl (C=O) groups is 1. The summed E-state index contributed by atoms with van der Waals surface area (Å²) in [6.45, 7) is 6.79. The van der Waals surface area contributed by atoms with Gasteiger partial charge in [0.1, 0.15) is 0 Å². The first kappa shape index (κ1) is 19.2. The molecule has 1 aromatic heterocycles. The molecule has 2 heterocycles. The third-order valence-electron chi connectivity index (χ3n) is 6.79. The van der Waals surface area contributed by atoms with E-state index in [0.29, 0.717) is 5.41 Å². The van der Waals surface area contributed by atoms with Gasteiger partial charge >= 0.3 is 6.03 Å². The molecule has 0 radical (unpaired) electrons. The van der Waals surface area contributed by atoms with Crippen molar-refractivity contribution in [3.63, 3.8) is 0 Å². The number of hydrogen-bond acceptors (Lipinski definition) is 2. The lowest BCUT2D eigenvalue weighted by molar-refractivity contribution is 0.157. The second kappa shape index (κ2) is 8.45. The van der Waals surface area contributed by atoms with E-state index in [2.05, 4.69) is 29.2 Å². The molecule has 2 amide bonds. The van der Waals surface area contributed by atoms with Crippen LogP contribution in [0.2, 0.25) is 0 Å². The van der Waals surface area contributed by atoms with Gasteiger partial charge in [-0.05, 0) is 69.8 Å². The van der Waals surface area contributed by atoms with Crippen molar-refractivity contribution in [2.45, 2.75) is 78.1 Å². The maximum absolute atomic E-state index is 12.6. The number of likely N-dealkylation sites (tertiary alicyclic amines) is 1. The Kier molecular flexibility index (Phi) is 6.25. The third kappa shape index (κ3) is 4.41. The molecule has 2 aliphatic rings. The fourth-order valence-corrected chi connectivity index (χ4v) is 5.01. The topological polar surface area (TPSA) is 50.2 Å². The zero-order valence-electron chi connectivity index (χ0n) is 16.9. The molecule has 1 N–H and O–H groups in total. The number of carbonyl (C=O) groups excluding carboxylic acids is 1. The van der Waals surface area contributed by atoms with Crippen LogP contribution in [0, 0.1) is 19.3 Å². The lowest BCUT2D eigenvalue weighted by Crippen LogP contribution is -2.41. The molecule has 1 aliphatic heterocycles. The summed E-state index contributed by atoms with van der Waals surface area (Å²) in [6.07, 6.45) is 12.6. The molecule has 26 heavy (non-hydrogen) atoms. The van der Waals surface area contributed by atoms with E-state index in [1.807, 2.05) is 11.7 Å². The van der Waals surface area contributed by atoms with Crippen LogP contribution in [-0.4, -0.2) is 40.3 Å². The van der Waals surface area contributed by atoms with Gasteiger partial charge in [-0.25, -0.2) is 4.79 Å². The molecule has 1 aromatic rings. The van der Waals surface area contributed by atoms with Gasteiger partial charge in [0, 0.05) is 32.4 Å². The molecule has 0 unspecified atom stereocenters. The van der Waals surface area contributed by atoms with Crippen molar-refractivity contribution in [1.82, 2.24) is 20.0 Å². The lowest BCUT2D eigenvalue weighted by Gasteiger charge is -2.36. The van der Waals surface area contributed by atoms with Gasteiger partial charge in [0.15, 0.2) is 0 Å². The monoisotopic (exact) mass is 360 g/mol. The number of hydrogen-bond donors (Lipinski definition) is 1. The molecule has 3 rings (SSSR count). The fraction of sp³-hybridized carbons (Fsp3) is 0.810. The maximum atomic E-state index is 12.6. The van der Waals surface area contributed by atoms with Gasteiger partial charge in [0.05, 0.1) is 5.69 Å². The highest BCUT2D eigenvalue weighted by atomic mass is 16.2. The minimum absolute atomic E-state index is 0.137. The van der Waals surface area contributed by atoms with Gasteiger partial charge in [-0.2, -0.15) is 5.10 Å². The van der Waals surface area contributed by atoms with Crippen molar-refractivity contribution in [2.24, 2.45) is 12.5 Å². The average molecular weight is 361 g/mol. The Morgan fingerprint density at radius 1 is 1.08 bits per heavy atom. The highest BCUT2D eigenvalue weighted by Gasteiger charge is 2.34. The van der Waals surface area contributed by atoms with E-state index in [0.717, 1.165) is 38.2 Å². The molecule has 0 bridgehead atoms. The van der Waals surface area contributed by atoms with Crippen molar-refractivity contribution >= 4 is 6.03 Å². The number of rotatable bonds is 4. The highest BCUT2D eigenvalue weighted by molar-refractivity contribution is 5.74. The van der Waals surface area contributed by atoms with Crippen LogP contribution in [0.1, 0.15) is 74.7 Å². The summed E-state index contributed by atoms with van der Waals surface area (Å²) >= 11 is 0.